The van der Waals surface area contributed by atoms with Gasteiger partial charge in [0.2, 0.25) is 0 Å². The van der Waals surface area contributed by atoms with E-state index in [1.54, 1.807) is 12.1 Å². The normalized spacial score (nSPS) is 17.8. The van der Waals surface area contributed by atoms with Gasteiger partial charge in [0, 0.05) is 30.3 Å². The highest BCUT2D eigenvalue weighted by atomic mass is 19.1. The number of fused-ring (bicyclic) bond motifs is 1. The third-order valence-corrected chi connectivity index (χ3v) is 6.53. The number of carbonyl (C=O) groups is 1. The topological polar surface area (TPSA) is 104 Å². The minimum Gasteiger partial charge on any atom is -0.457 e. The maximum absolute atomic E-state index is 13.5. The first-order valence-corrected chi connectivity index (χ1v) is 12.2. The van der Waals surface area contributed by atoms with Crippen LogP contribution in [0, 0.1) is 18.2 Å². The van der Waals surface area contributed by atoms with Crippen molar-refractivity contribution in [3.05, 3.63) is 66.4 Å². The van der Waals surface area contributed by atoms with Gasteiger partial charge in [0.25, 0.3) is 0 Å². The maximum atomic E-state index is 13.5. The monoisotopic (exact) mass is 503 g/mol. The summed E-state index contributed by atoms with van der Waals surface area (Å²) in [4.78, 5) is 21.2. The molecule has 1 aliphatic rings. The van der Waals surface area contributed by atoms with Gasteiger partial charge in [0.15, 0.2) is 6.23 Å². The van der Waals surface area contributed by atoms with Gasteiger partial charge in [-0.1, -0.05) is 18.2 Å². The van der Waals surface area contributed by atoms with Crippen LogP contribution in [0.4, 0.5) is 10.2 Å². The number of rotatable bonds is 5. The Morgan fingerprint density at radius 1 is 1.14 bits per heavy atom. The van der Waals surface area contributed by atoms with Gasteiger partial charge in [-0.2, -0.15) is 0 Å². The molecule has 0 amide bonds. The van der Waals surface area contributed by atoms with Crippen LogP contribution >= 0.6 is 0 Å². The lowest BCUT2D eigenvalue weighted by Gasteiger charge is -2.21. The van der Waals surface area contributed by atoms with Crippen molar-refractivity contribution in [2.45, 2.75) is 46.4 Å². The molecule has 37 heavy (non-hydrogen) atoms. The minimum atomic E-state index is -0.574. The summed E-state index contributed by atoms with van der Waals surface area (Å²) in [6.07, 6.45) is 1.69. The largest absolute Gasteiger partial charge is 0.457 e. The van der Waals surface area contributed by atoms with E-state index in [4.69, 9.17) is 15.2 Å². The average Bonchev–Trinajstić information content (AvgIpc) is 3.41. The Hall–Kier alpha value is -3.98. The molecule has 1 fully saturated rings. The summed E-state index contributed by atoms with van der Waals surface area (Å²) in [5.74, 6) is 0.804. The number of aromatic nitrogens is 3. The molecule has 2 aromatic carbocycles. The molecule has 0 spiro atoms. The molecule has 1 aliphatic heterocycles. The summed E-state index contributed by atoms with van der Waals surface area (Å²) >= 11 is 0. The van der Waals surface area contributed by atoms with Crippen molar-refractivity contribution in [2.24, 2.45) is 5.41 Å². The van der Waals surface area contributed by atoms with Crippen molar-refractivity contribution < 1.29 is 18.7 Å². The highest BCUT2D eigenvalue weighted by molar-refractivity contribution is 6.02. The van der Waals surface area contributed by atoms with E-state index in [2.05, 4.69) is 19.9 Å². The van der Waals surface area contributed by atoms with Crippen molar-refractivity contribution in [3.63, 3.8) is 0 Å². The first kappa shape index (κ1) is 24.7. The van der Waals surface area contributed by atoms with Gasteiger partial charge >= 0.3 is 5.97 Å². The van der Waals surface area contributed by atoms with Gasteiger partial charge in [-0.25, -0.2) is 14.4 Å². The quantitative estimate of drug-likeness (QED) is 0.353. The molecule has 5 rings (SSSR count). The molecule has 2 aromatic heterocycles. The summed E-state index contributed by atoms with van der Waals surface area (Å²) in [5.41, 5.74) is 9.35. The number of nitrogens with two attached hydrogens (primary N) is 1. The fourth-order valence-electron chi connectivity index (χ4n) is 4.70. The van der Waals surface area contributed by atoms with Gasteiger partial charge in [-0.05, 0) is 57.5 Å². The Labute approximate surface area is 214 Å². The van der Waals surface area contributed by atoms with Gasteiger partial charge in [-0.15, -0.1) is 0 Å². The summed E-state index contributed by atoms with van der Waals surface area (Å²) in [6.45, 7) is 8.17. The van der Waals surface area contributed by atoms with E-state index in [1.807, 2.05) is 52.0 Å². The van der Waals surface area contributed by atoms with Gasteiger partial charge in [0.1, 0.15) is 35.1 Å². The molecule has 0 radical (unpaired) electrons. The zero-order chi connectivity index (χ0) is 26.3. The van der Waals surface area contributed by atoms with Crippen LogP contribution in [0.2, 0.25) is 0 Å². The molecule has 1 saturated heterocycles. The van der Waals surface area contributed by atoms with Gasteiger partial charge in [-0.3, -0.25) is 10.1 Å². The van der Waals surface area contributed by atoms with Gasteiger partial charge in [0.05, 0.1) is 16.8 Å². The number of nitrogens with one attached hydrogen (secondary N) is 1. The van der Waals surface area contributed by atoms with Gasteiger partial charge < -0.3 is 19.8 Å². The number of anilines is 1. The lowest BCUT2D eigenvalue weighted by molar-refractivity contribution is -0.159. The second kappa shape index (κ2) is 9.48. The molecular formula is C28H30FN5O3. The molecular weight excluding hydrogens is 473 g/mol. The van der Waals surface area contributed by atoms with Crippen LogP contribution in [0.1, 0.15) is 38.9 Å². The van der Waals surface area contributed by atoms with Crippen molar-refractivity contribution in [2.75, 3.05) is 12.3 Å². The molecule has 3 N–H and O–H groups in total. The Morgan fingerprint density at radius 2 is 1.89 bits per heavy atom. The zero-order valence-corrected chi connectivity index (χ0v) is 21.3. The number of nitrogen functional groups attached to an aromatic ring is 1. The smallest absolute Gasteiger partial charge is 0.312 e. The second-order valence-electron chi connectivity index (χ2n) is 10.3. The highest BCUT2D eigenvalue weighted by Gasteiger charge is 2.34. The van der Waals surface area contributed by atoms with E-state index >= 15 is 0 Å². The van der Waals surface area contributed by atoms with E-state index in [0.29, 0.717) is 30.3 Å². The van der Waals surface area contributed by atoms with E-state index in [9.17, 15) is 9.18 Å². The SMILES string of the molecule is Cc1c(-c2ccc(Oc3cccc(F)c3)cc2)c2c(N)ncnc2n1[C@H]1CNC(OC(=O)C(C)(C)C)C1. The Bertz CT molecular complexity index is 1460. The van der Waals surface area contributed by atoms with Crippen molar-refractivity contribution in [1.82, 2.24) is 19.9 Å². The molecule has 4 aromatic rings. The average molecular weight is 504 g/mol. The summed E-state index contributed by atoms with van der Waals surface area (Å²) in [6, 6.07) is 13.6. The molecule has 1 unspecified atom stereocenters. The Morgan fingerprint density at radius 3 is 2.59 bits per heavy atom. The lowest BCUT2D eigenvalue weighted by Crippen LogP contribution is -2.33. The lowest BCUT2D eigenvalue weighted by atomic mass is 9.97. The molecule has 2 atom stereocenters. The predicted molar refractivity (Wildman–Crippen MR) is 140 cm³/mol. The predicted octanol–water partition coefficient (Wildman–Crippen LogP) is 5.37. The van der Waals surface area contributed by atoms with Crippen LogP contribution in [-0.2, 0) is 9.53 Å². The molecule has 9 heteroatoms. The summed E-state index contributed by atoms with van der Waals surface area (Å²) in [7, 11) is 0. The number of hydrogen-bond donors (Lipinski definition) is 2. The number of esters is 1. The Balaban J connectivity index is 1.47. The molecule has 0 aliphatic carbocycles. The minimum absolute atomic E-state index is 0.0129. The number of ether oxygens (including phenoxy) is 2. The first-order chi connectivity index (χ1) is 17.6. The van der Waals surface area contributed by atoms with E-state index in [0.717, 1.165) is 27.9 Å². The molecule has 8 nitrogen and oxygen atoms in total. The number of carbonyl (C=O) groups excluding carboxylic acids is 1. The summed E-state index contributed by atoms with van der Waals surface area (Å²) < 4.78 is 27.2. The maximum Gasteiger partial charge on any atom is 0.312 e. The van der Waals surface area contributed by atoms with E-state index in [1.165, 1.54) is 18.5 Å². The fourth-order valence-corrected chi connectivity index (χ4v) is 4.70. The molecule has 3 heterocycles. The standard InChI is InChI=1S/C28H30FN5O3/c1-16-23(17-8-10-20(11-9-17)36-21-7-5-6-18(29)12-21)24-25(30)32-15-33-26(24)34(16)19-13-22(31-14-19)37-27(35)28(2,3)4/h5-12,15,19,22,31H,13-14H2,1-4H3,(H2,30,32,33)/t19-,22?/m1/s1. The molecule has 0 saturated carbocycles. The molecule has 192 valence electrons. The van der Waals surface area contributed by atoms with Crippen LogP contribution in [0.3, 0.4) is 0 Å². The van der Waals surface area contributed by atoms with Crippen molar-refractivity contribution in [3.8, 4) is 22.6 Å². The van der Waals surface area contributed by atoms with E-state index in [-0.39, 0.29) is 24.1 Å². The number of nitrogens with zero attached hydrogens (tertiary/aromatic N) is 3. The number of hydrogen-bond acceptors (Lipinski definition) is 7. The Kier molecular flexibility index (Phi) is 6.33. The van der Waals surface area contributed by atoms with Crippen LogP contribution in [0.25, 0.3) is 22.2 Å². The van der Waals surface area contributed by atoms with Crippen molar-refractivity contribution >= 4 is 22.8 Å². The zero-order valence-electron chi connectivity index (χ0n) is 21.3. The highest BCUT2D eigenvalue weighted by Crippen LogP contribution is 2.40. The van der Waals surface area contributed by atoms with Crippen LogP contribution in [-0.4, -0.2) is 33.3 Å². The second-order valence-corrected chi connectivity index (χ2v) is 10.3. The van der Waals surface area contributed by atoms with Crippen LogP contribution in [0.5, 0.6) is 11.5 Å². The number of halogens is 1. The third kappa shape index (κ3) is 4.86. The molecule has 0 bridgehead atoms. The first-order valence-electron chi connectivity index (χ1n) is 12.2. The summed E-state index contributed by atoms with van der Waals surface area (Å²) in [5, 5.41) is 4.09. The van der Waals surface area contributed by atoms with Crippen molar-refractivity contribution in [1.29, 1.82) is 0 Å². The van der Waals surface area contributed by atoms with E-state index < -0.39 is 5.41 Å². The fraction of sp³-hybridized carbons (Fsp3) is 0.321. The van der Waals surface area contributed by atoms with Crippen LogP contribution in [0.15, 0.2) is 54.9 Å². The van der Waals surface area contributed by atoms with Crippen LogP contribution < -0.4 is 15.8 Å². The number of benzene rings is 2. The third-order valence-electron chi connectivity index (χ3n) is 6.53.